The highest BCUT2D eigenvalue weighted by molar-refractivity contribution is 9.09. The predicted octanol–water partition coefficient (Wildman–Crippen LogP) is 5.00. The molecule has 1 fully saturated rings. The van der Waals surface area contributed by atoms with E-state index >= 15 is 0 Å². The van der Waals surface area contributed by atoms with Crippen molar-refractivity contribution < 1.29 is 4.74 Å². The monoisotopic (exact) mass is 316 g/mol. The van der Waals surface area contributed by atoms with E-state index in [4.69, 9.17) is 4.74 Å². The zero-order chi connectivity index (χ0) is 12.0. The summed E-state index contributed by atoms with van der Waals surface area (Å²) >= 11 is 5.49. The van der Waals surface area contributed by atoms with Crippen LogP contribution < -0.4 is 0 Å². The molecule has 1 aromatic rings. The molecule has 0 unspecified atom stereocenters. The molecule has 3 heteroatoms. The van der Waals surface area contributed by atoms with Crippen LogP contribution in [0, 0.1) is 5.41 Å². The van der Waals surface area contributed by atoms with Crippen molar-refractivity contribution in [1.82, 2.24) is 0 Å². The zero-order valence-electron chi connectivity index (χ0n) is 10.3. The third-order valence-electron chi connectivity index (χ3n) is 3.68. The molecule has 1 aliphatic rings. The second-order valence-corrected chi connectivity index (χ2v) is 6.71. The fourth-order valence-electron chi connectivity index (χ4n) is 2.56. The van der Waals surface area contributed by atoms with E-state index in [-0.39, 0.29) is 0 Å². The number of thiophene rings is 1. The molecule has 17 heavy (non-hydrogen) atoms. The van der Waals surface area contributed by atoms with Gasteiger partial charge in [0.1, 0.15) is 0 Å². The molecule has 0 bridgehead atoms. The lowest BCUT2D eigenvalue weighted by Gasteiger charge is -2.30. The van der Waals surface area contributed by atoms with Gasteiger partial charge in [0.2, 0.25) is 0 Å². The van der Waals surface area contributed by atoms with Gasteiger partial charge in [-0.1, -0.05) is 47.7 Å². The average Bonchev–Trinajstić information content (AvgIpc) is 2.75. The van der Waals surface area contributed by atoms with Crippen LogP contribution in [-0.2, 0) is 11.3 Å². The Hall–Kier alpha value is 0.140. The molecule has 1 saturated carbocycles. The standard InChI is InChI=1S/C14H21BrOS/c15-11-14(7-3-1-2-4-8-14)12-16-10-13-6-5-9-17-13/h5-6,9H,1-4,7-8,10-12H2. The summed E-state index contributed by atoms with van der Waals surface area (Å²) in [6, 6.07) is 4.24. The van der Waals surface area contributed by atoms with Gasteiger partial charge in [-0.25, -0.2) is 0 Å². The van der Waals surface area contributed by atoms with Crippen LogP contribution in [0.5, 0.6) is 0 Å². The Morgan fingerprint density at radius 3 is 2.59 bits per heavy atom. The van der Waals surface area contributed by atoms with E-state index in [9.17, 15) is 0 Å². The normalized spacial score (nSPS) is 20.1. The maximum Gasteiger partial charge on any atom is 0.0809 e. The van der Waals surface area contributed by atoms with Crippen molar-refractivity contribution in [3.8, 4) is 0 Å². The summed E-state index contributed by atoms with van der Waals surface area (Å²) in [6.45, 7) is 1.70. The Morgan fingerprint density at radius 2 is 2.00 bits per heavy atom. The predicted molar refractivity (Wildman–Crippen MR) is 77.9 cm³/mol. The summed E-state index contributed by atoms with van der Waals surface area (Å²) in [4.78, 5) is 1.34. The van der Waals surface area contributed by atoms with Gasteiger partial charge in [0.05, 0.1) is 13.2 Å². The van der Waals surface area contributed by atoms with Crippen LogP contribution in [0.3, 0.4) is 0 Å². The summed E-state index contributed by atoms with van der Waals surface area (Å²) in [5.74, 6) is 0. The van der Waals surface area contributed by atoms with Gasteiger partial charge in [0.25, 0.3) is 0 Å². The van der Waals surface area contributed by atoms with Crippen LogP contribution >= 0.6 is 27.3 Å². The number of ether oxygens (including phenoxy) is 1. The molecule has 0 spiro atoms. The smallest absolute Gasteiger partial charge is 0.0809 e. The summed E-state index contributed by atoms with van der Waals surface area (Å²) in [6.07, 6.45) is 8.19. The summed E-state index contributed by atoms with van der Waals surface area (Å²) in [5, 5.41) is 3.20. The maximum atomic E-state index is 5.95. The second kappa shape index (κ2) is 6.91. The number of halogens is 1. The summed E-state index contributed by atoms with van der Waals surface area (Å²) in [7, 11) is 0. The van der Waals surface area contributed by atoms with Gasteiger partial charge in [-0.15, -0.1) is 11.3 Å². The fourth-order valence-corrected chi connectivity index (χ4v) is 3.92. The van der Waals surface area contributed by atoms with Crippen molar-refractivity contribution in [3.05, 3.63) is 22.4 Å². The SMILES string of the molecule is BrCC1(COCc2cccs2)CCCCCC1. The van der Waals surface area contributed by atoms with Crippen molar-refractivity contribution in [2.24, 2.45) is 5.41 Å². The Bertz CT molecular complexity index is 302. The van der Waals surface area contributed by atoms with Gasteiger partial charge in [0.15, 0.2) is 0 Å². The van der Waals surface area contributed by atoms with E-state index in [0.29, 0.717) is 5.41 Å². The van der Waals surface area contributed by atoms with Crippen LogP contribution in [0.1, 0.15) is 43.4 Å². The lowest BCUT2D eigenvalue weighted by Crippen LogP contribution is -2.28. The minimum absolute atomic E-state index is 0.397. The highest BCUT2D eigenvalue weighted by atomic mass is 79.9. The molecule has 0 aromatic carbocycles. The van der Waals surface area contributed by atoms with E-state index in [0.717, 1.165) is 18.5 Å². The third-order valence-corrected chi connectivity index (χ3v) is 5.72. The van der Waals surface area contributed by atoms with Crippen molar-refractivity contribution in [3.63, 3.8) is 0 Å². The molecule has 0 aliphatic heterocycles. The number of alkyl halides is 1. The molecule has 1 aliphatic carbocycles. The van der Waals surface area contributed by atoms with E-state index in [1.54, 1.807) is 11.3 Å². The molecular weight excluding hydrogens is 296 g/mol. The minimum atomic E-state index is 0.397. The first-order valence-electron chi connectivity index (χ1n) is 6.51. The molecule has 1 heterocycles. The lowest BCUT2D eigenvalue weighted by atomic mass is 9.83. The second-order valence-electron chi connectivity index (χ2n) is 5.12. The first kappa shape index (κ1) is 13.6. The number of hydrogen-bond acceptors (Lipinski definition) is 2. The minimum Gasteiger partial charge on any atom is -0.375 e. The van der Waals surface area contributed by atoms with Gasteiger partial charge in [0, 0.05) is 15.6 Å². The molecule has 96 valence electrons. The van der Waals surface area contributed by atoms with E-state index in [2.05, 4.69) is 33.4 Å². The Morgan fingerprint density at radius 1 is 1.24 bits per heavy atom. The van der Waals surface area contributed by atoms with Gasteiger partial charge in [-0.2, -0.15) is 0 Å². The van der Waals surface area contributed by atoms with Crippen LogP contribution in [-0.4, -0.2) is 11.9 Å². The van der Waals surface area contributed by atoms with E-state index < -0.39 is 0 Å². The zero-order valence-corrected chi connectivity index (χ0v) is 12.7. The van der Waals surface area contributed by atoms with Crippen molar-refractivity contribution in [2.45, 2.75) is 45.1 Å². The van der Waals surface area contributed by atoms with Crippen molar-refractivity contribution in [1.29, 1.82) is 0 Å². The molecule has 0 atom stereocenters. The van der Waals surface area contributed by atoms with Crippen LogP contribution in [0.25, 0.3) is 0 Å². The summed E-state index contributed by atoms with van der Waals surface area (Å²) in [5.41, 5.74) is 0.397. The quantitative estimate of drug-likeness (QED) is 0.548. The highest BCUT2D eigenvalue weighted by Gasteiger charge is 2.30. The van der Waals surface area contributed by atoms with Crippen molar-refractivity contribution in [2.75, 3.05) is 11.9 Å². The average molecular weight is 317 g/mol. The topological polar surface area (TPSA) is 9.23 Å². The van der Waals surface area contributed by atoms with E-state index in [1.165, 1.54) is 43.4 Å². The largest absolute Gasteiger partial charge is 0.375 e. The number of rotatable bonds is 5. The lowest BCUT2D eigenvalue weighted by molar-refractivity contribution is 0.0387. The van der Waals surface area contributed by atoms with Crippen LogP contribution in [0.2, 0.25) is 0 Å². The number of hydrogen-bond donors (Lipinski definition) is 0. The third kappa shape index (κ3) is 4.08. The molecule has 0 amide bonds. The molecule has 2 rings (SSSR count). The molecule has 0 radical (unpaired) electrons. The fraction of sp³-hybridized carbons (Fsp3) is 0.714. The van der Waals surface area contributed by atoms with Gasteiger partial charge in [-0.3, -0.25) is 0 Å². The Labute approximate surface area is 117 Å². The highest BCUT2D eigenvalue weighted by Crippen LogP contribution is 2.37. The van der Waals surface area contributed by atoms with Crippen molar-refractivity contribution >= 4 is 27.3 Å². The molecule has 0 saturated heterocycles. The Balaban J connectivity index is 1.81. The maximum absolute atomic E-state index is 5.95. The van der Waals surface area contributed by atoms with E-state index in [1.807, 2.05) is 0 Å². The van der Waals surface area contributed by atoms with Gasteiger partial charge >= 0.3 is 0 Å². The van der Waals surface area contributed by atoms with Crippen LogP contribution in [0.15, 0.2) is 17.5 Å². The summed E-state index contributed by atoms with van der Waals surface area (Å²) < 4.78 is 5.95. The molecule has 0 N–H and O–H groups in total. The first-order chi connectivity index (χ1) is 8.35. The molecular formula is C14H21BrOS. The van der Waals surface area contributed by atoms with Gasteiger partial charge in [-0.05, 0) is 24.3 Å². The van der Waals surface area contributed by atoms with Gasteiger partial charge < -0.3 is 4.74 Å². The first-order valence-corrected chi connectivity index (χ1v) is 8.51. The van der Waals surface area contributed by atoms with Crippen LogP contribution in [0.4, 0.5) is 0 Å². The molecule has 1 nitrogen and oxygen atoms in total. The Kier molecular flexibility index (Phi) is 5.51. The molecule has 1 aromatic heterocycles.